The molecular formula is C18H13ClO2. The van der Waals surface area contributed by atoms with E-state index in [9.17, 15) is 4.79 Å². The Labute approximate surface area is 127 Å². The fourth-order valence-electron chi connectivity index (χ4n) is 2.34. The van der Waals surface area contributed by atoms with Crippen LogP contribution in [-0.2, 0) is 0 Å². The van der Waals surface area contributed by atoms with E-state index in [1.165, 1.54) is 7.11 Å². The molecule has 0 aliphatic carbocycles. The van der Waals surface area contributed by atoms with E-state index < -0.39 is 0 Å². The maximum absolute atomic E-state index is 12.7. The molecular weight excluding hydrogens is 284 g/mol. The maximum atomic E-state index is 12.7. The number of fused-ring (bicyclic) bond motifs is 1. The second kappa shape index (κ2) is 5.58. The van der Waals surface area contributed by atoms with Crippen molar-refractivity contribution in [3.63, 3.8) is 0 Å². The van der Waals surface area contributed by atoms with Crippen molar-refractivity contribution in [3.8, 4) is 5.75 Å². The highest BCUT2D eigenvalue weighted by Gasteiger charge is 2.15. The standard InChI is InChI=1S/C18H13ClO2/c1-21-17-11-15(19)8-9-16(17)18(20)14-7-6-12-4-2-3-5-13(12)10-14/h2-11H,1H3. The van der Waals surface area contributed by atoms with Gasteiger partial charge < -0.3 is 4.74 Å². The molecule has 0 aliphatic heterocycles. The van der Waals surface area contributed by atoms with Crippen LogP contribution in [0.25, 0.3) is 10.8 Å². The summed E-state index contributed by atoms with van der Waals surface area (Å²) in [6.45, 7) is 0. The second-order valence-corrected chi connectivity index (χ2v) is 5.17. The van der Waals surface area contributed by atoms with Gasteiger partial charge in [0.15, 0.2) is 5.78 Å². The van der Waals surface area contributed by atoms with Gasteiger partial charge in [-0.2, -0.15) is 0 Å². The van der Waals surface area contributed by atoms with Gasteiger partial charge in [0.25, 0.3) is 0 Å². The third-order valence-corrected chi connectivity index (χ3v) is 3.65. The van der Waals surface area contributed by atoms with Gasteiger partial charge in [0.1, 0.15) is 5.75 Å². The molecule has 0 spiro atoms. The van der Waals surface area contributed by atoms with Crippen LogP contribution in [0.5, 0.6) is 5.75 Å². The van der Waals surface area contributed by atoms with Crippen molar-refractivity contribution >= 4 is 28.2 Å². The molecule has 0 fully saturated rings. The zero-order valence-corrected chi connectivity index (χ0v) is 12.2. The molecule has 0 aliphatic rings. The average molecular weight is 297 g/mol. The molecule has 3 heteroatoms. The number of methoxy groups -OCH3 is 1. The number of carbonyl (C=O) groups is 1. The van der Waals surface area contributed by atoms with Crippen LogP contribution in [0.3, 0.4) is 0 Å². The highest BCUT2D eigenvalue weighted by molar-refractivity contribution is 6.31. The lowest BCUT2D eigenvalue weighted by Crippen LogP contribution is -2.03. The van der Waals surface area contributed by atoms with Crippen molar-refractivity contribution < 1.29 is 9.53 Å². The van der Waals surface area contributed by atoms with Crippen LogP contribution >= 0.6 is 11.6 Å². The molecule has 0 unspecified atom stereocenters. The Morgan fingerprint density at radius 1 is 0.952 bits per heavy atom. The largest absolute Gasteiger partial charge is 0.496 e. The lowest BCUT2D eigenvalue weighted by atomic mass is 9.99. The molecule has 0 atom stereocenters. The zero-order valence-electron chi connectivity index (χ0n) is 11.5. The number of ether oxygens (including phenoxy) is 1. The van der Waals surface area contributed by atoms with Crippen molar-refractivity contribution in [3.05, 3.63) is 76.8 Å². The fourth-order valence-corrected chi connectivity index (χ4v) is 2.50. The first-order valence-electron chi connectivity index (χ1n) is 6.56. The summed E-state index contributed by atoms with van der Waals surface area (Å²) in [5, 5.41) is 2.69. The van der Waals surface area contributed by atoms with Crippen LogP contribution in [0.15, 0.2) is 60.7 Å². The molecule has 0 heterocycles. The van der Waals surface area contributed by atoms with E-state index in [0.29, 0.717) is 21.9 Å². The third-order valence-electron chi connectivity index (χ3n) is 3.42. The van der Waals surface area contributed by atoms with E-state index in [-0.39, 0.29) is 5.78 Å². The van der Waals surface area contributed by atoms with E-state index in [4.69, 9.17) is 16.3 Å². The number of ketones is 1. The smallest absolute Gasteiger partial charge is 0.196 e. The van der Waals surface area contributed by atoms with Crippen molar-refractivity contribution in [2.24, 2.45) is 0 Å². The van der Waals surface area contributed by atoms with Gasteiger partial charge in [0.05, 0.1) is 12.7 Å². The molecule has 21 heavy (non-hydrogen) atoms. The minimum Gasteiger partial charge on any atom is -0.496 e. The Kier molecular flexibility index (Phi) is 3.63. The van der Waals surface area contributed by atoms with Gasteiger partial charge in [-0.25, -0.2) is 0 Å². The number of carbonyl (C=O) groups excluding carboxylic acids is 1. The molecule has 3 aromatic carbocycles. The molecule has 3 rings (SSSR count). The molecule has 0 N–H and O–H groups in total. The Morgan fingerprint density at radius 2 is 1.71 bits per heavy atom. The summed E-state index contributed by atoms with van der Waals surface area (Å²) in [7, 11) is 1.53. The minimum absolute atomic E-state index is 0.0748. The molecule has 104 valence electrons. The van der Waals surface area contributed by atoms with Crippen molar-refractivity contribution in [1.29, 1.82) is 0 Å². The van der Waals surface area contributed by atoms with E-state index >= 15 is 0 Å². The molecule has 0 bridgehead atoms. The summed E-state index contributed by atoms with van der Waals surface area (Å²) in [6, 6.07) is 18.7. The maximum Gasteiger partial charge on any atom is 0.196 e. The molecule has 2 nitrogen and oxygen atoms in total. The van der Waals surface area contributed by atoms with Gasteiger partial charge in [0.2, 0.25) is 0 Å². The molecule has 3 aromatic rings. The lowest BCUT2D eigenvalue weighted by Gasteiger charge is -2.09. The molecule has 0 aromatic heterocycles. The van der Waals surface area contributed by atoms with Crippen LogP contribution < -0.4 is 4.74 Å². The second-order valence-electron chi connectivity index (χ2n) is 4.74. The lowest BCUT2D eigenvalue weighted by molar-refractivity contribution is 0.103. The van der Waals surface area contributed by atoms with Gasteiger partial charge >= 0.3 is 0 Å². The third kappa shape index (κ3) is 2.63. The molecule has 0 radical (unpaired) electrons. The summed E-state index contributed by atoms with van der Waals surface area (Å²) in [5.74, 6) is 0.412. The number of halogens is 1. The predicted molar refractivity (Wildman–Crippen MR) is 85.4 cm³/mol. The van der Waals surface area contributed by atoms with Crippen molar-refractivity contribution in [1.82, 2.24) is 0 Å². The van der Waals surface area contributed by atoms with E-state index in [1.54, 1.807) is 18.2 Å². The van der Waals surface area contributed by atoms with Gasteiger partial charge in [-0.05, 0) is 35.0 Å². The minimum atomic E-state index is -0.0748. The van der Waals surface area contributed by atoms with Crippen LogP contribution in [-0.4, -0.2) is 12.9 Å². The van der Waals surface area contributed by atoms with Crippen LogP contribution in [0.1, 0.15) is 15.9 Å². The predicted octanol–water partition coefficient (Wildman–Crippen LogP) is 4.73. The van der Waals surface area contributed by atoms with Gasteiger partial charge in [-0.3, -0.25) is 4.79 Å². The zero-order chi connectivity index (χ0) is 14.8. The Balaban J connectivity index is 2.08. The SMILES string of the molecule is COc1cc(Cl)ccc1C(=O)c1ccc2ccccc2c1. The van der Waals surface area contributed by atoms with Crippen molar-refractivity contribution in [2.45, 2.75) is 0 Å². The summed E-state index contributed by atoms with van der Waals surface area (Å²) in [6.07, 6.45) is 0. The summed E-state index contributed by atoms with van der Waals surface area (Å²) in [5.41, 5.74) is 1.14. The van der Waals surface area contributed by atoms with E-state index in [0.717, 1.165) is 10.8 Å². The van der Waals surface area contributed by atoms with Crippen molar-refractivity contribution in [2.75, 3.05) is 7.11 Å². The first-order valence-corrected chi connectivity index (χ1v) is 6.94. The first-order chi connectivity index (χ1) is 10.2. The molecule has 0 saturated heterocycles. The average Bonchev–Trinajstić information content (AvgIpc) is 2.53. The van der Waals surface area contributed by atoms with Gasteiger partial charge in [-0.15, -0.1) is 0 Å². The number of rotatable bonds is 3. The number of hydrogen-bond donors (Lipinski definition) is 0. The van der Waals surface area contributed by atoms with Crippen LogP contribution in [0.2, 0.25) is 5.02 Å². The van der Waals surface area contributed by atoms with E-state index in [2.05, 4.69) is 0 Å². The first kappa shape index (κ1) is 13.7. The Bertz CT molecular complexity index is 824. The summed E-state index contributed by atoms with van der Waals surface area (Å²) < 4.78 is 5.25. The summed E-state index contributed by atoms with van der Waals surface area (Å²) >= 11 is 5.93. The topological polar surface area (TPSA) is 26.3 Å². The molecule has 0 amide bonds. The highest BCUT2D eigenvalue weighted by atomic mass is 35.5. The Morgan fingerprint density at radius 3 is 2.48 bits per heavy atom. The van der Waals surface area contributed by atoms with Gasteiger partial charge in [0, 0.05) is 10.6 Å². The monoisotopic (exact) mass is 296 g/mol. The number of benzene rings is 3. The van der Waals surface area contributed by atoms with Gasteiger partial charge in [-0.1, -0.05) is 48.0 Å². The Hall–Kier alpha value is -2.32. The summed E-state index contributed by atoms with van der Waals surface area (Å²) in [4.78, 5) is 12.7. The van der Waals surface area contributed by atoms with Crippen LogP contribution in [0.4, 0.5) is 0 Å². The van der Waals surface area contributed by atoms with Crippen LogP contribution in [0, 0.1) is 0 Å². The normalized spacial score (nSPS) is 10.6. The quantitative estimate of drug-likeness (QED) is 0.653. The fraction of sp³-hybridized carbons (Fsp3) is 0.0556. The van der Waals surface area contributed by atoms with E-state index in [1.807, 2.05) is 42.5 Å². The number of hydrogen-bond acceptors (Lipinski definition) is 2. The highest BCUT2D eigenvalue weighted by Crippen LogP contribution is 2.26. The molecule has 0 saturated carbocycles.